The first kappa shape index (κ1) is 23.6. The zero-order valence-corrected chi connectivity index (χ0v) is 19.6. The largest absolute Gasteiger partial charge is 0.462 e. The molecule has 2 aromatic carbocycles. The van der Waals surface area contributed by atoms with Gasteiger partial charge in [-0.25, -0.2) is 17.9 Å². The van der Waals surface area contributed by atoms with Crippen molar-refractivity contribution in [3.8, 4) is 0 Å². The Morgan fingerprint density at radius 2 is 1.59 bits per heavy atom. The first-order valence-electron chi connectivity index (χ1n) is 10.8. The van der Waals surface area contributed by atoms with Crippen LogP contribution in [-0.4, -0.2) is 72.1 Å². The van der Waals surface area contributed by atoms with Crippen LogP contribution in [0.3, 0.4) is 0 Å². The minimum Gasteiger partial charge on any atom is -0.462 e. The molecule has 1 saturated heterocycles. The van der Waals surface area contributed by atoms with E-state index in [9.17, 15) is 22.8 Å². The highest BCUT2D eigenvalue weighted by Gasteiger charge is 2.31. The van der Waals surface area contributed by atoms with Crippen LogP contribution in [0.15, 0.2) is 58.2 Å². The van der Waals surface area contributed by atoms with Gasteiger partial charge in [0.25, 0.3) is 11.5 Å². The Morgan fingerprint density at radius 3 is 2.21 bits per heavy atom. The van der Waals surface area contributed by atoms with E-state index in [-0.39, 0.29) is 60.4 Å². The van der Waals surface area contributed by atoms with Crippen LogP contribution < -0.4 is 5.56 Å². The number of aromatic nitrogens is 2. The van der Waals surface area contributed by atoms with Gasteiger partial charge in [0.05, 0.1) is 22.5 Å². The number of sulfonamides is 1. The van der Waals surface area contributed by atoms with Gasteiger partial charge in [-0.15, -0.1) is 0 Å². The van der Waals surface area contributed by atoms with E-state index >= 15 is 0 Å². The van der Waals surface area contributed by atoms with E-state index < -0.39 is 16.0 Å². The van der Waals surface area contributed by atoms with E-state index in [4.69, 9.17) is 4.74 Å². The second-order valence-corrected chi connectivity index (χ2v) is 9.70. The minimum atomic E-state index is -3.80. The maximum Gasteiger partial charge on any atom is 0.338 e. The van der Waals surface area contributed by atoms with Crippen LogP contribution in [0.5, 0.6) is 0 Å². The number of carbonyl (C=O) groups excluding carboxylic acids is 2. The lowest BCUT2D eigenvalue weighted by Crippen LogP contribution is -2.50. The quantitative estimate of drug-likeness (QED) is 0.500. The SMILES string of the molecule is CCOC(=O)c1ccc(S(=O)(=O)N2CCN(C(=O)c3nn(C)c(=O)c4ccccc34)CC2)cc1. The highest BCUT2D eigenvalue weighted by atomic mass is 32.2. The third kappa shape index (κ3) is 4.31. The second kappa shape index (κ2) is 9.35. The lowest BCUT2D eigenvalue weighted by molar-refractivity contribution is 0.0526. The van der Waals surface area contributed by atoms with E-state index in [1.54, 1.807) is 31.2 Å². The van der Waals surface area contributed by atoms with Gasteiger partial charge >= 0.3 is 5.97 Å². The number of piperazine rings is 1. The molecule has 0 radical (unpaired) electrons. The van der Waals surface area contributed by atoms with Crippen molar-refractivity contribution in [1.82, 2.24) is 19.0 Å². The summed E-state index contributed by atoms with van der Waals surface area (Å²) < 4.78 is 33.5. The lowest BCUT2D eigenvalue weighted by Gasteiger charge is -2.34. The Bertz CT molecular complexity index is 1410. The normalized spacial score (nSPS) is 14.8. The van der Waals surface area contributed by atoms with Crippen LogP contribution >= 0.6 is 0 Å². The maximum absolute atomic E-state index is 13.2. The second-order valence-electron chi connectivity index (χ2n) is 7.76. The van der Waals surface area contributed by atoms with Crippen LogP contribution in [0.1, 0.15) is 27.8 Å². The Hall–Kier alpha value is -3.57. The van der Waals surface area contributed by atoms with Crippen LogP contribution in [0, 0.1) is 0 Å². The molecule has 2 heterocycles. The molecule has 4 rings (SSSR count). The van der Waals surface area contributed by atoms with Crippen LogP contribution in [0.4, 0.5) is 0 Å². The van der Waals surface area contributed by atoms with Crippen molar-refractivity contribution < 1.29 is 22.7 Å². The summed E-state index contributed by atoms with van der Waals surface area (Å²) in [7, 11) is -2.31. The van der Waals surface area contributed by atoms with E-state index in [1.807, 2.05) is 0 Å². The summed E-state index contributed by atoms with van der Waals surface area (Å²) in [6.45, 7) is 2.50. The van der Waals surface area contributed by atoms with Gasteiger partial charge < -0.3 is 9.64 Å². The summed E-state index contributed by atoms with van der Waals surface area (Å²) in [6, 6.07) is 12.4. The van der Waals surface area contributed by atoms with Gasteiger partial charge in [0.2, 0.25) is 10.0 Å². The molecule has 1 aliphatic heterocycles. The topological polar surface area (TPSA) is 119 Å². The Balaban J connectivity index is 1.50. The van der Waals surface area contributed by atoms with Crippen molar-refractivity contribution in [2.24, 2.45) is 7.05 Å². The molecule has 178 valence electrons. The molecule has 0 unspecified atom stereocenters. The van der Waals surface area contributed by atoms with E-state index in [1.165, 1.54) is 40.5 Å². The van der Waals surface area contributed by atoms with Gasteiger partial charge in [-0.1, -0.05) is 18.2 Å². The van der Waals surface area contributed by atoms with Gasteiger partial charge in [-0.3, -0.25) is 9.59 Å². The Kier molecular flexibility index (Phi) is 6.49. The molecule has 0 bridgehead atoms. The molecular weight excluding hydrogens is 460 g/mol. The average molecular weight is 485 g/mol. The molecule has 1 fully saturated rings. The number of hydrogen-bond donors (Lipinski definition) is 0. The summed E-state index contributed by atoms with van der Waals surface area (Å²) in [4.78, 5) is 38.9. The predicted octanol–water partition coefficient (Wildman–Crippen LogP) is 1.26. The van der Waals surface area contributed by atoms with Gasteiger partial charge in [-0.2, -0.15) is 9.40 Å². The van der Waals surface area contributed by atoms with Crippen molar-refractivity contribution in [3.05, 3.63) is 70.1 Å². The molecule has 34 heavy (non-hydrogen) atoms. The fraction of sp³-hybridized carbons (Fsp3) is 0.304. The summed E-state index contributed by atoms with van der Waals surface area (Å²) in [5.74, 6) is -0.874. The number of ether oxygens (including phenoxy) is 1. The number of hydrogen-bond acceptors (Lipinski definition) is 7. The van der Waals surface area contributed by atoms with Gasteiger partial charge in [0.15, 0.2) is 5.69 Å². The summed E-state index contributed by atoms with van der Waals surface area (Å²) in [5, 5.41) is 5.03. The van der Waals surface area contributed by atoms with Gasteiger partial charge in [0.1, 0.15) is 0 Å². The molecule has 3 aromatic rings. The first-order chi connectivity index (χ1) is 16.2. The summed E-state index contributed by atoms with van der Waals surface area (Å²) >= 11 is 0. The highest BCUT2D eigenvalue weighted by molar-refractivity contribution is 7.89. The smallest absolute Gasteiger partial charge is 0.338 e. The minimum absolute atomic E-state index is 0.0612. The number of fused-ring (bicyclic) bond motifs is 1. The number of esters is 1. The third-order valence-corrected chi connectivity index (χ3v) is 7.60. The monoisotopic (exact) mass is 484 g/mol. The molecule has 0 aliphatic carbocycles. The van der Waals surface area contributed by atoms with Crippen molar-refractivity contribution in [3.63, 3.8) is 0 Å². The number of benzene rings is 2. The molecule has 0 spiro atoms. The molecule has 11 heteroatoms. The molecule has 0 saturated carbocycles. The maximum atomic E-state index is 13.2. The molecule has 0 atom stereocenters. The molecule has 0 N–H and O–H groups in total. The van der Waals surface area contributed by atoms with Crippen molar-refractivity contribution in [2.75, 3.05) is 32.8 Å². The summed E-state index contributed by atoms with van der Waals surface area (Å²) in [5.41, 5.74) is 0.133. The summed E-state index contributed by atoms with van der Waals surface area (Å²) in [6.07, 6.45) is 0. The Morgan fingerprint density at radius 1 is 0.971 bits per heavy atom. The van der Waals surface area contributed by atoms with E-state index in [0.29, 0.717) is 10.8 Å². The van der Waals surface area contributed by atoms with Gasteiger partial charge in [-0.05, 0) is 37.3 Å². The number of nitrogens with zero attached hydrogens (tertiary/aromatic N) is 4. The standard InChI is InChI=1S/C23H24N4O6S/c1-3-33-23(30)16-8-10-17(11-9-16)34(31,32)27-14-12-26(13-15-27)22(29)20-18-6-4-5-7-19(18)21(28)25(2)24-20/h4-11H,3,12-15H2,1-2H3. The first-order valence-corrected chi connectivity index (χ1v) is 12.2. The molecular formula is C23H24N4O6S. The number of rotatable bonds is 5. The zero-order chi connectivity index (χ0) is 24.5. The van der Waals surface area contributed by atoms with Crippen molar-refractivity contribution in [1.29, 1.82) is 0 Å². The molecule has 1 amide bonds. The van der Waals surface area contributed by atoms with Crippen LogP contribution in [0.2, 0.25) is 0 Å². The number of aryl methyl sites for hydroxylation is 1. The number of carbonyl (C=O) groups is 2. The molecule has 1 aromatic heterocycles. The Labute approximate surface area is 196 Å². The zero-order valence-electron chi connectivity index (χ0n) is 18.8. The number of amides is 1. The highest BCUT2D eigenvalue weighted by Crippen LogP contribution is 2.21. The average Bonchev–Trinajstić information content (AvgIpc) is 2.86. The predicted molar refractivity (Wildman–Crippen MR) is 124 cm³/mol. The van der Waals surface area contributed by atoms with Crippen molar-refractivity contribution in [2.45, 2.75) is 11.8 Å². The molecule has 10 nitrogen and oxygen atoms in total. The molecule has 1 aliphatic rings. The third-order valence-electron chi connectivity index (χ3n) is 5.69. The fourth-order valence-corrected chi connectivity index (χ4v) is 5.29. The van der Waals surface area contributed by atoms with Crippen LogP contribution in [-0.2, 0) is 21.8 Å². The van der Waals surface area contributed by atoms with Crippen LogP contribution in [0.25, 0.3) is 10.8 Å². The fourth-order valence-electron chi connectivity index (χ4n) is 3.87. The van der Waals surface area contributed by atoms with Crippen molar-refractivity contribution >= 4 is 32.7 Å². The van der Waals surface area contributed by atoms with E-state index in [0.717, 1.165) is 4.68 Å². The van der Waals surface area contributed by atoms with Gasteiger partial charge in [0, 0.05) is 38.6 Å². The lowest BCUT2D eigenvalue weighted by atomic mass is 10.1. The van der Waals surface area contributed by atoms with E-state index in [2.05, 4.69) is 5.10 Å².